The van der Waals surface area contributed by atoms with Crippen molar-refractivity contribution in [1.82, 2.24) is 0 Å². The van der Waals surface area contributed by atoms with E-state index in [4.69, 9.17) is 16.1 Å². The summed E-state index contributed by atoms with van der Waals surface area (Å²) in [5.74, 6) is -1.12. The average Bonchev–Trinajstić information content (AvgIpc) is 2.69. The van der Waals surface area contributed by atoms with Gasteiger partial charge in [-0.25, -0.2) is 4.89 Å². The van der Waals surface area contributed by atoms with Crippen LogP contribution in [0, 0.1) is 0 Å². The first-order valence-corrected chi connectivity index (χ1v) is 5.23. The van der Waals surface area contributed by atoms with Crippen LogP contribution in [0.25, 0.3) is 0 Å². The predicted octanol–water partition coefficient (Wildman–Crippen LogP) is 0.599. The first-order valence-electron chi connectivity index (χ1n) is 5.23. The van der Waals surface area contributed by atoms with E-state index in [1.807, 2.05) is 12.1 Å². The smallest absolute Gasteiger partial charge is 0.320 e. The SMILES string of the molecule is NC(CC1(OO)CNc2ccccc21)C(=O)O. The highest BCUT2D eigenvalue weighted by atomic mass is 17.1. The lowest BCUT2D eigenvalue weighted by Crippen LogP contribution is -2.42. The number of rotatable bonds is 4. The molecule has 5 N–H and O–H groups in total. The molecule has 1 heterocycles. The van der Waals surface area contributed by atoms with Gasteiger partial charge in [-0.15, -0.1) is 0 Å². The second kappa shape index (κ2) is 4.33. The highest BCUT2D eigenvalue weighted by molar-refractivity contribution is 5.73. The molecular formula is C11H14N2O4. The standard InChI is InChI=1S/C11H14N2O4/c12-8(10(14)15)5-11(17-16)6-13-9-4-2-1-3-7(9)11/h1-4,8,13,16H,5-6,12H2,(H,14,15). The number of benzene rings is 1. The molecule has 92 valence electrons. The summed E-state index contributed by atoms with van der Waals surface area (Å²) in [6.45, 7) is 0.295. The van der Waals surface area contributed by atoms with Crippen molar-refractivity contribution in [2.24, 2.45) is 5.73 Å². The monoisotopic (exact) mass is 238 g/mol. The quantitative estimate of drug-likeness (QED) is 0.452. The number of fused-ring (bicyclic) bond motifs is 1. The molecule has 0 radical (unpaired) electrons. The van der Waals surface area contributed by atoms with E-state index in [9.17, 15) is 4.79 Å². The molecule has 0 fully saturated rings. The Kier molecular flexibility index (Phi) is 3.01. The van der Waals surface area contributed by atoms with Crippen molar-refractivity contribution in [1.29, 1.82) is 0 Å². The number of carboxylic acids is 1. The van der Waals surface area contributed by atoms with Crippen LogP contribution < -0.4 is 11.1 Å². The normalized spacial score (nSPS) is 23.9. The van der Waals surface area contributed by atoms with Gasteiger partial charge in [0.1, 0.15) is 11.6 Å². The summed E-state index contributed by atoms with van der Waals surface area (Å²) in [6, 6.07) is 6.17. The van der Waals surface area contributed by atoms with Crippen molar-refractivity contribution in [3.63, 3.8) is 0 Å². The van der Waals surface area contributed by atoms with E-state index in [1.54, 1.807) is 12.1 Å². The highest BCUT2D eigenvalue weighted by Gasteiger charge is 2.43. The zero-order valence-corrected chi connectivity index (χ0v) is 9.09. The molecule has 0 saturated heterocycles. The molecule has 2 unspecified atom stereocenters. The van der Waals surface area contributed by atoms with Crippen LogP contribution in [0.15, 0.2) is 24.3 Å². The third kappa shape index (κ3) is 1.97. The van der Waals surface area contributed by atoms with Crippen molar-refractivity contribution < 1.29 is 20.0 Å². The van der Waals surface area contributed by atoms with Crippen molar-refractivity contribution in [2.75, 3.05) is 11.9 Å². The molecule has 1 aliphatic rings. The van der Waals surface area contributed by atoms with E-state index in [0.29, 0.717) is 6.54 Å². The van der Waals surface area contributed by atoms with Gasteiger partial charge in [0.2, 0.25) is 0 Å². The van der Waals surface area contributed by atoms with Gasteiger partial charge in [-0.05, 0) is 6.07 Å². The third-order valence-electron chi connectivity index (χ3n) is 3.02. The zero-order chi connectivity index (χ0) is 12.5. The van der Waals surface area contributed by atoms with E-state index in [2.05, 4.69) is 10.2 Å². The molecule has 0 aliphatic carbocycles. The molecule has 1 aromatic rings. The number of anilines is 1. The van der Waals surface area contributed by atoms with E-state index in [1.165, 1.54) is 0 Å². The predicted molar refractivity (Wildman–Crippen MR) is 60.6 cm³/mol. The number of hydrogen-bond acceptors (Lipinski definition) is 5. The van der Waals surface area contributed by atoms with Crippen LogP contribution in [0.1, 0.15) is 12.0 Å². The second-order valence-corrected chi connectivity index (χ2v) is 4.13. The molecule has 0 spiro atoms. The van der Waals surface area contributed by atoms with Gasteiger partial charge >= 0.3 is 5.97 Å². The highest BCUT2D eigenvalue weighted by Crippen LogP contribution is 2.40. The molecule has 0 bridgehead atoms. The molecule has 6 heteroatoms. The summed E-state index contributed by atoms with van der Waals surface area (Å²) in [6.07, 6.45) is 0.00282. The fourth-order valence-electron chi connectivity index (χ4n) is 2.11. The van der Waals surface area contributed by atoms with Gasteiger partial charge < -0.3 is 16.2 Å². The van der Waals surface area contributed by atoms with Crippen LogP contribution in [0.4, 0.5) is 5.69 Å². The number of para-hydroxylation sites is 1. The maximum absolute atomic E-state index is 10.8. The average molecular weight is 238 g/mol. The fraction of sp³-hybridized carbons (Fsp3) is 0.364. The fourth-order valence-corrected chi connectivity index (χ4v) is 2.11. The molecule has 17 heavy (non-hydrogen) atoms. The van der Waals surface area contributed by atoms with Crippen molar-refractivity contribution in [3.05, 3.63) is 29.8 Å². The Morgan fingerprint density at radius 3 is 2.94 bits per heavy atom. The minimum atomic E-state index is -1.12. The van der Waals surface area contributed by atoms with Crippen LogP contribution in [0.3, 0.4) is 0 Å². The maximum Gasteiger partial charge on any atom is 0.320 e. The van der Waals surface area contributed by atoms with Gasteiger partial charge in [-0.2, -0.15) is 0 Å². The van der Waals surface area contributed by atoms with Crippen molar-refractivity contribution >= 4 is 11.7 Å². The maximum atomic E-state index is 10.8. The summed E-state index contributed by atoms with van der Waals surface area (Å²) < 4.78 is 0. The first kappa shape index (κ1) is 11.8. The number of carbonyl (C=O) groups is 1. The number of hydrogen-bond donors (Lipinski definition) is 4. The number of aliphatic carboxylic acids is 1. The Morgan fingerprint density at radius 2 is 2.29 bits per heavy atom. The molecule has 0 saturated carbocycles. The van der Waals surface area contributed by atoms with Crippen molar-refractivity contribution in [2.45, 2.75) is 18.1 Å². The lowest BCUT2D eigenvalue weighted by Gasteiger charge is -2.26. The number of nitrogens with one attached hydrogen (secondary N) is 1. The molecule has 1 aromatic carbocycles. The Hall–Kier alpha value is -1.63. The lowest BCUT2D eigenvalue weighted by molar-refractivity contribution is -0.325. The molecule has 0 amide bonds. The molecule has 6 nitrogen and oxygen atoms in total. The van der Waals surface area contributed by atoms with Crippen molar-refractivity contribution in [3.8, 4) is 0 Å². The summed E-state index contributed by atoms with van der Waals surface area (Å²) in [5.41, 5.74) is 5.95. The summed E-state index contributed by atoms with van der Waals surface area (Å²) in [5, 5.41) is 21.0. The van der Waals surface area contributed by atoms with Gasteiger partial charge in [0, 0.05) is 17.7 Å². The van der Waals surface area contributed by atoms with Crippen LogP contribution in [-0.2, 0) is 15.3 Å². The van der Waals surface area contributed by atoms with Gasteiger partial charge in [0.05, 0.1) is 6.54 Å². The molecular weight excluding hydrogens is 224 g/mol. The first-order chi connectivity index (χ1) is 8.09. The minimum absolute atomic E-state index is 0.00282. The molecule has 2 atom stereocenters. The third-order valence-corrected chi connectivity index (χ3v) is 3.02. The summed E-state index contributed by atoms with van der Waals surface area (Å²) in [4.78, 5) is 15.3. The zero-order valence-electron chi connectivity index (χ0n) is 9.09. The summed E-state index contributed by atoms with van der Waals surface area (Å²) in [7, 11) is 0. The largest absolute Gasteiger partial charge is 0.480 e. The van der Waals surface area contributed by atoms with Gasteiger partial charge in [0.15, 0.2) is 0 Å². The van der Waals surface area contributed by atoms with E-state index in [-0.39, 0.29) is 6.42 Å². The lowest BCUT2D eigenvalue weighted by atomic mass is 9.89. The number of nitrogens with two attached hydrogens (primary N) is 1. The van der Waals surface area contributed by atoms with E-state index in [0.717, 1.165) is 11.3 Å². The van der Waals surface area contributed by atoms with E-state index < -0.39 is 17.6 Å². The van der Waals surface area contributed by atoms with Crippen LogP contribution in [0.5, 0.6) is 0 Å². The minimum Gasteiger partial charge on any atom is -0.480 e. The van der Waals surface area contributed by atoms with E-state index >= 15 is 0 Å². The Labute approximate surface area is 97.9 Å². The molecule has 0 aromatic heterocycles. The Bertz CT molecular complexity index is 437. The summed E-state index contributed by atoms with van der Waals surface area (Å²) >= 11 is 0. The van der Waals surface area contributed by atoms with Gasteiger partial charge in [0.25, 0.3) is 0 Å². The molecule has 1 aliphatic heterocycles. The Balaban J connectivity index is 2.31. The molecule has 2 rings (SSSR count). The van der Waals surface area contributed by atoms with Gasteiger partial charge in [-0.1, -0.05) is 18.2 Å². The second-order valence-electron chi connectivity index (χ2n) is 4.13. The topological polar surface area (TPSA) is 105 Å². The Morgan fingerprint density at radius 1 is 1.59 bits per heavy atom. The van der Waals surface area contributed by atoms with Crippen LogP contribution >= 0.6 is 0 Å². The van der Waals surface area contributed by atoms with Gasteiger partial charge in [-0.3, -0.25) is 10.1 Å². The van der Waals surface area contributed by atoms with Crippen LogP contribution in [0.2, 0.25) is 0 Å². The number of carboxylic acid groups (broad SMARTS) is 1. The van der Waals surface area contributed by atoms with Crippen LogP contribution in [-0.4, -0.2) is 28.9 Å².